The van der Waals surface area contributed by atoms with Crippen molar-refractivity contribution < 1.29 is 9.18 Å². The number of hydrogen-bond acceptors (Lipinski definition) is 2. The van der Waals surface area contributed by atoms with E-state index in [1.165, 1.54) is 12.1 Å². The van der Waals surface area contributed by atoms with Gasteiger partial charge in [0.1, 0.15) is 0 Å². The Hall–Kier alpha value is -1.20. The predicted octanol–water partition coefficient (Wildman–Crippen LogP) is 4.45. The zero-order valence-corrected chi connectivity index (χ0v) is 14.1. The van der Waals surface area contributed by atoms with Gasteiger partial charge in [0, 0.05) is 6.54 Å². The molecule has 2 aromatic rings. The normalized spacial score (nSPS) is 10.9. The van der Waals surface area contributed by atoms with E-state index < -0.39 is 5.82 Å². The van der Waals surface area contributed by atoms with Crippen molar-refractivity contribution >= 4 is 33.3 Å². The summed E-state index contributed by atoms with van der Waals surface area (Å²) in [7, 11) is 0. The van der Waals surface area contributed by atoms with Gasteiger partial charge in [-0.05, 0) is 41.4 Å². The van der Waals surface area contributed by atoms with Crippen LogP contribution >= 0.6 is 27.5 Å². The molecule has 6 heteroatoms. The fourth-order valence-electron chi connectivity index (χ4n) is 2.15. The largest absolute Gasteiger partial charge is 0.294 e. The average Bonchev–Trinajstić information content (AvgIpc) is 2.78. The van der Waals surface area contributed by atoms with E-state index in [2.05, 4.69) is 21.0 Å². The van der Waals surface area contributed by atoms with Crippen LogP contribution in [0.5, 0.6) is 0 Å². The molecule has 0 unspecified atom stereocenters. The summed E-state index contributed by atoms with van der Waals surface area (Å²) >= 11 is 9.21. The molecule has 1 aromatic carbocycles. The summed E-state index contributed by atoms with van der Waals surface area (Å²) in [6.45, 7) is 4.60. The summed E-state index contributed by atoms with van der Waals surface area (Å²) in [5.41, 5.74) is 1.67. The van der Waals surface area contributed by atoms with E-state index >= 15 is 0 Å². The van der Waals surface area contributed by atoms with Crippen LogP contribution in [0.2, 0.25) is 5.02 Å². The first-order chi connectivity index (χ1) is 9.99. The number of hydrogen-bond donors (Lipinski definition) is 0. The zero-order chi connectivity index (χ0) is 15.6. The first-order valence-corrected chi connectivity index (χ1v) is 7.87. The second-order valence-corrected chi connectivity index (χ2v) is 5.78. The molecule has 3 nitrogen and oxygen atoms in total. The molecule has 0 N–H and O–H groups in total. The Morgan fingerprint density at radius 1 is 1.43 bits per heavy atom. The van der Waals surface area contributed by atoms with Gasteiger partial charge in [-0.3, -0.25) is 9.48 Å². The molecule has 0 aliphatic carbocycles. The minimum absolute atomic E-state index is 0.0105. The minimum atomic E-state index is -0.668. The Kier molecular flexibility index (Phi) is 5.17. The average molecular weight is 374 g/mol. The highest BCUT2D eigenvalue weighted by Crippen LogP contribution is 2.25. The van der Waals surface area contributed by atoms with E-state index in [9.17, 15) is 9.18 Å². The van der Waals surface area contributed by atoms with Crippen LogP contribution in [-0.4, -0.2) is 15.6 Å². The van der Waals surface area contributed by atoms with Crippen molar-refractivity contribution in [3.05, 3.63) is 50.5 Å². The molecule has 112 valence electrons. The van der Waals surface area contributed by atoms with Gasteiger partial charge in [0.05, 0.1) is 32.9 Å². The molecule has 21 heavy (non-hydrogen) atoms. The number of halogens is 3. The predicted molar refractivity (Wildman–Crippen MR) is 84.4 cm³/mol. The monoisotopic (exact) mass is 372 g/mol. The van der Waals surface area contributed by atoms with Crippen LogP contribution in [-0.2, 0) is 19.4 Å². The number of benzene rings is 1. The first-order valence-electron chi connectivity index (χ1n) is 6.70. The highest BCUT2D eigenvalue weighted by atomic mass is 79.9. The molecular formula is C15H15BrClFN2O. The number of Topliss-reactive ketones (excluding diaryl/α,β-unsaturated/α-hetero) is 1. The number of nitrogens with zero attached hydrogens (tertiary/aromatic N) is 2. The molecular weight excluding hydrogens is 359 g/mol. The number of aromatic nitrogens is 2. The second-order valence-electron chi connectivity index (χ2n) is 4.58. The minimum Gasteiger partial charge on any atom is -0.294 e. The molecule has 0 saturated heterocycles. The Balaban J connectivity index is 2.36. The lowest BCUT2D eigenvalue weighted by Crippen LogP contribution is -2.11. The van der Waals surface area contributed by atoms with Gasteiger partial charge in [-0.15, -0.1) is 0 Å². The van der Waals surface area contributed by atoms with Crippen molar-refractivity contribution in [3.8, 4) is 0 Å². The lowest BCUT2D eigenvalue weighted by Gasteiger charge is -2.06. The molecule has 0 atom stereocenters. The molecule has 0 aliphatic heterocycles. The third-order valence-corrected chi connectivity index (χ3v) is 4.48. The van der Waals surface area contributed by atoms with Gasteiger partial charge < -0.3 is 0 Å². The fraction of sp³-hybridized carbons (Fsp3) is 0.333. The van der Waals surface area contributed by atoms with Crippen LogP contribution in [0, 0.1) is 5.82 Å². The number of rotatable bonds is 5. The third kappa shape index (κ3) is 3.19. The van der Waals surface area contributed by atoms with Crippen LogP contribution in [0.4, 0.5) is 4.39 Å². The van der Waals surface area contributed by atoms with Crippen molar-refractivity contribution in [1.82, 2.24) is 9.78 Å². The van der Waals surface area contributed by atoms with E-state index in [-0.39, 0.29) is 22.8 Å². The van der Waals surface area contributed by atoms with Crippen molar-refractivity contribution in [1.29, 1.82) is 0 Å². The van der Waals surface area contributed by atoms with E-state index in [1.807, 2.05) is 13.8 Å². The lowest BCUT2D eigenvalue weighted by atomic mass is 10.1. The Morgan fingerprint density at radius 2 is 2.14 bits per heavy atom. The van der Waals surface area contributed by atoms with Crippen LogP contribution in [0.1, 0.15) is 35.6 Å². The molecule has 0 saturated carbocycles. The molecule has 0 radical (unpaired) electrons. The highest BCUT2D eigenvalue weighted by molar-refractivity contribution is 9.10. The van der Waals surface area contributed by atoms with Gasteiger partial charge in [-0.2, -0.15) is 5.10 Å². The van der Waals surface area contributed by atoms with Crippen LogP contribution < -0.4 is 0 Å². The van der Waals surface area contributed by atoms with E-state index in [1.54, 1.807) is 10.7 Å². The molecule has 1 aromatic heterocycles. The molecule has 0 amide bonds. The Bertz CT molecular complexity index is 685. The zero-order valence-electron chi connectivity index (χ0n) is 11.8. The fourth-order valence-corrected chi connectivity index (χ4v) is 3.03. The maximum atomic E-state index is 13.9. The third-order valence-electron chi connectivity index (χ3n) is 3.27. The summed E-state index contributed by atoms with van der Waals surface area (Å²) in [6.07, 6.45) is 0.846. The number of carbonyl (C=O) groups is 1. The molecule has 1 heterocycles. The van der Waals surface area contributed by atoms with E-state index in [0.29, 0.717) is 6.54 Å². The highest BCUT2D eigenvalue weighted by Gasteiger charge is 2.20. The molecule has 0 bridgehead atoms. The van der Waals surface area contributed by atoms with Crippen molar-refractivity contribution in [2.75, 3.05) is 0 Å². The van der Waals surface area contributed by atoms with Crippen molar-refractivity contribution in [2.24, 2.45) is 0 Å². The quantitative estimate of drug-likeness (QED) is 0.726. The smallest absolute Gasteiger partial charge is 0.171 e. The lowest BCUT2D eigenvalue weighted by molar-refractivity contribution is 0.0986. The molecule has 0 fully saturated rings. The number of carbonyl (C=O) groups excluding carboxylic acids is 1. The van der Waals surface area contributed by atoms with Crippen LogP contribution in [0.25, 0.3) is 0 Å². The molecule has 0 aliphatic rings. The topological polar surface area (TPSA) is 34.9 Å². The summed E-state index contributed by atoms with van der Waals surface area (Å²) in [5, 5.41) is 4.39. The summed E-state index contributed by atoms with van der Waals surface area (Å²) < 4.78 is 16.5. The Labute approximate surface area is 136 Å². The van der Waals surface area contributed by atoms with Gasteiger partial charge in [-0.1, -0.05) is 24.6 Å². The maximum absolute atomic E-state index is 13.9. The van der Waals surface area contributed by atoms with Crippen molar-refractivity contribution in [2.45, 2.75) is 33.2 Å². The second kappa shape index (κ2) is 6.71. The Morgan fingerprint density at radius 3 is 2.76 bits per heavy atom. The van der Waals surface area contributed by atoms with Gasteiger partial charge >= 0.3 is 0 Å². The van der Waals surface area contributed by atoms with Crippen LogP contribution in [0.15, 0.2) is 22.7 Å². The summed E-state index contributed by atoms with van der Waals surface area (Å²) in [5.74, 6) is -0.980. The van der Waals surface area contributed by atoms with Gasteiger partial charge in [0.15, 0.2) is 11.6 Å². The maximum Gasteiger partial charge on any atom is 0.171 e. The van der Waals surface area contributed by atoms with Crippen LogP contribution in [0.3, 0.4) is 0 Å². The van der Waals surface area contributed by atoms with Gasteiger partial charge in [-0.25, -0.2) is 4.39 Å². The number of aryl methyl sites for hydroxylation is 2. The van der Waals surface area contributed by atoms with Crippen molar-refractivity contribution in [3.63, 3.8) is 0 Å². The first kappa shape index (κ1) is 16.2. The van der Waals surface area contributed by atoms with Gasteiger partial charge in [0.2, 0.25) is 0 Å². The number of ketones is 1. The van der Waals surface area contributed by atoms with Gasteiger partial charge in [0.25, 0.3) is 0 Å². The molecule has 2 rings (SSSR count). The standard InChI is InChI=1S/C15H15BrClFN2O/c1-3-11-14(16)12(20(4-2)19-11)8-13(21)9-6-5-7-10(17)15(9)18/h5-7H,3-4,8H2,1-2H3. The summed E-state index contributed by atoms with van der Waals surface area (Å²) in [6, 6.07) is 4.45. The summed E-state index contributed by atoms with van der Waals surface area (Å²) in [4.78, 5) is 12.3. The SMILES string of the molecule is CCc1nn(CC)c(CC(=O)c2cccc(Cl)c2F)c1Br. The van der Waals surface area contributed by atoms with E-state index in [4.69, 9.17) is 11.6 Å². The van der Waals surface area contributed by atoms with E-state index in [0.717, 1.165) is 22.3 Å². The molecule has 0 spiro atoms.